The average Bonchev–Trinajstić information content (AvgIpc) is 3.55. The van der Waals surface area contributed by atoms with Crippen LogP contribution < -0.4 is 5.32 Å². The summed E-state index contributed by atoms with van der Waals surface area (Å²) in [6.45, 7) is 6.10. The van der Waals surface area contributed by atoms with Gasteiger partial charge in [0.25, 0.3) is 0 Å². The molecule has 1 aromatic carbocycles. The van der Waals surface area contributed by atoms with E-state index < -0.39 is 0 Å². The lowest BCUT2D eigenvalue weighted by Gasteiger charge is -2.09. The van der Waals surface area contributed by atoms with Crippen molar-refractivity contribution >= 4 is 28.8 Å². The largest absolute Gasteiger partial charge is 0.324 e. The van der Waals surface area contributed by atoms with Crippen LogP contribution in [0.5, 0.6) is 0 Å². The van der Waals surface area contributed by atoms with E-state index in [2.05, 4.69) is 39.8 Å². The maximum absolute atomic E-state index is 8.75. The maximum Gasteiger partial charge on any atom is 0.227 e. The molecular formula is C22H24N6. The second-order valence-corrected chi connectivity index (χ2v) is 6.88. The van der Waals surface area contributed by atoms with Crippen LogP contribution in [0.15, 0.2) is 48.1 Å². The van der Waals surface area contributed by atoms with E-state index in [1.165, 1.54) is 0 Å². The molecule has 0 unspecified atom stereocenters. The van der Waals surface area contributed by atoms with Crippen molar-refractivity contribution in [3.05, 3.63) is 54.4 Å². The number of aromatic nitrogens is 2. The predicted molar refractivity (Wildman–Crippen MR) is 113 cm³/mol. The highest BCUT2D eigenvalue weighted by molar-refractivity contribution is 6.06. The number of nitrogens with one attached hydrogen (secondary N) is 2. The quantitative estimate of drug-likeness (QED) is 0.610. The number of rotatable bonds is 9. The SMILES string of the molecule is C=C(N=C(CC)CC(=N)C1CC1)c1ccnc(Nc2ccc(CC#N)cc2)n1. The van der Waals surface area contributed by atoms with E-state index in [1.54, 1.807) is 12.3 Å². The van der Waals surface area contributed by atoms with E-state index in [1.807, 2.05) is 24.3 Å². The Balaban J connectivity index is 1.69. The molecule has 2 N–H and O–H groups in total. The lowest BCUT2D eigenvalue weighted by molar-refractivity contribution is 1.10. The summed E-state index contributed by atoms with van der Waals surface area (Å²) in [5, 5.41) is 20.0. The summed E-state index contributed by atoms with van der Waals surface area (Å²) in [6.07, 6.45) is 5.74. The Labute approximate surface area is 165 Å². The third-order valence-electron chi connectivity index (χ3n) is 4.61. The Morgan fingerprint density at radius 3 is 2.71 bits per heavy atom. The van der Waals surface area contributed by atoms with Gasteiger partial charge < -0.3 is 10.7 Å². The lowest BCUT2D eigenvalue weighted by Crippen LogP contribution is -2.08. The van der Waals surface area contributed by atoms with Crippen LogP contribution in [-0.4, -0.2) is 21.4 Å². The first kappa shape index (κ1) is 19.4. The van der Waals surface area contributed by atoms with Gasteiger partial charge in [-0.1, -0.05) is 25.6 Å². The maximum atomic E-state index is 8.75. The Hall–Kier alpha value is -3.33. The predicted octanol–water partition coefficient (Wildman–Crippen LogP) is 4.93. The molecular weight excluding hydrogens is 348 g/mol. The Morgan fingerprint density at radius 1 is 1.32 bits per heavy atom. The minimum absolute atomic E-state index is 0.391. The fraction of sp³-hybridized carbons (Fsp3) is 0.318. The van der Waals surface area contributed by atoms with Crippen molar-refractivity contribution in [1.29, 1.82) is 10.7 Å². The molecule has 142 valence electrons. The molecule has 1 aliphatic rings. The van der Waals surface area contributed by atoms with Gasteiger partial charge in [-0.25, -0.2) is 9.97 Å². The normalized spacial score (nSPS) is 13.6. The van der Waals surface area contributed by atoms with Crippen molar-refractivity contribution < 1.29 is 0 Å². The smallest absolute Gasteiger partial charge is 0.227 e. The number of benzene rings is 1. The second kappa shape index (κ2) is 9.05. The van der Waals surface area contributed by atoms with Crippen LogP contribution in [0.3, 0.4) is 0 Å². The number of hydrogen-bond donors (Lipinski definition) is 2. The Bertz CT molecular complexity index is 932. The molecule has 6 nitrogen and oxygen atoms in total. The van der Waals surface area contributed by atoms with Crippen LogP contribution in [0.25, 0.3) is 5.70 Å². The topological polar surface area (TPSA) is 97.8 Å². The molecule has 28 heavy (non-hydrogen) atoms. The molecule has 1 aliphatic carbocycles. The zero-order chi connectivity index (χ0) is 19.9. The van der Waals surface area contributed by atoms with E-state index >= 15 is 0 Å². The average molecular weight is 372 g/mol. The molecule has 0 amide bonds. The lowest BCUT2D eigenvalue weighted by atomic mass is 10.1. The van der Waals surface area contributed by atoms with Crippen LogP contribution in [0.4, 0.5) is 11.6 Å². The van der Waals surface area contributed by atoms with Gasteiger partial charge in [-0.3, -0.25) is 4.99 Å². The molecule has 0 radical (unpaired) electrons. The third-order valence-corrected chi connectivity index (χ3v) is 4.61. The van der Waals surface area contributed by atoms with E-state index in [9.17, 15) is 0 Å². The Morgan fingerprint density at radius 2 is 2.07 bits per heavy atom. The summed E-state index contributed by atoms with van der Waals surface area (Å²) < 4.78 is 0. The van der Waals surface area contributed by atoms with E-state index in [0.29, 0.717) is 36.1 Å². The van der Waals surface area contributed by atoms with Crippen LogP contribution in [-0.2, 0) is 6.42 Å². The zero-order valence-electron chi connectivity index (χ0n) is 16.1. The summed E-state index contributed by atoms with van der Waals surface area (Å²) >= 11 is 0. The van der Waals surface area contributed by atoms with Crippen molar-refractivity contribution in [3.8, 4) is 6.07 Å². The first-order valence-electron chi connectivity index (χ1n) is 9.48. The van der Waals surface area contributed by atoms with Gasteiger partial charge in [-0.15, -0.1) is 0 Å². The van der Waals surface area contributed by atoms with Gasteiger partial charge in [0.15, 0.2) is 0 Å². The molecule has 0 spiro atoms. The minimum atomic E-state index is 0.391. The fourth-order valence-electron chi connectivity index (χ4n) is 2.79. The van der Waals surface area contributed by atoms with Crippen molar-refractivity contribution in [2.24, 2.45) is 10.9 Å². The summed E-state index contributed by atoms with van der Waals surface area (Å²) in [5.74, 6) is 0.921. The number of hydrogen-bond acceptors (Lipinski definition) is 6. The van der Waals surface area contributed by atoms with Gasteiger partial charge in [0.1, 0.15) is 0 Å². The highest BCUT2D eigenvalue weighted by Gasteiger charge is 2.26. The highest BCUT2D eigenvalue weighted by Crippen LogP contribution is 2.31. The second-order valence-electron chi connectivity index (χ2n) is 6.88. The number of nitriles is 1. The monoisotopic (exact) mass is 372 g/mol. The molecule has 2 aromatic rings. The van der Waals surface area contributed by atoms with Crippen LogP contribution in [0, 0.1) is 22.7 Å². The first-order chi connectivity index (χ1) is 13.6. The molecule has 0 bridgehead atoms. The molecule has 1 saturated carbocycles. The molecule has 0 aliphatic heterocycles. The van der Waals surface area contributed by atoms with Crippen molar-refractivity contribution in [2.75, 3.05) is 5.32 Å². The molecule has 6 heteroatoms. The van der Waals surface area contributed by atoms with Crippen LogP contribution in [0.2, 0.25) is 0 Å². The standard InChI is InChI=1S/C22H24N6/c1-3-18(14-20(24)17-6-7-17)26-15(2)21-11-13-25-22(28-21)27-19-8-4-16(5-9-19)10-12-23/h4-5,8-9,11,13,17,24H,2-3,6-7,10,14H2,1H3,(H,25,27,28). The summed E-state index contributed by atoms with van der Waals surface area (Å²) in [5.41, 5.74) is 4.79. The van der Waals surface area contributed by atoms with Crippen molar-refractivity contribution in [3.63, 3.8) is 0 Å². The minimum Gasteiger partial charge on any atom is -0.324 e. The summed E-state index contributed by atoms with van der Waals surface area (Å²) in [6, 6.07) is 11.5. The first-order valence-corrected chi connectivity index (χ1v) is 9.48. The van der Waals surface area contributed by atoms with E-state index in [0.717, 1.165) is 41.9 Å². The van der Waals surface area contributed by atoms with Crippen LogP contribution in [0.1, 0.15) is 43.9 Å². The van der Waals surface area contributed by atoms with E-state index in [-0.39, 0.29) is 0 Å². The van der Waals surface area contributed by atoms with E-state index in [4.69, 9.17) is 10.7 Å². The van der Waals surface area contributed by atoms with Gasteiger partial charge in [0, 0.05) is 29.7 Å². The van der Waals surface area contributed by atoms with Crippen molar-refractivity contribution in [1.82, 2.24) is 9.97 Å². The molecule has 1 aromatic heterocycles. The van der Waals surface area contributed by atoms with Gasteiger partial charge >= 0.3 is 0 Å². The molecule has 1 heterocycles. The molecule has 1 fully saturated rings. The van der Waals surface area contributed by atoms with Gasteiger partial charge in [0.2, 0.25) is 5.95 Å². The Kier molecular flexibility index (Phi) is 6.28. The van der Waals surface area contributed by atoms with Crippen molar-refractivity contribution in [2.45, 2.75) is 39.0 Å². The number of aliphatic imine (C=N–C) groups is 1. The molecule has 0 saturated heterocycles. The van der Waals surface area contributed by atoms with Gasteiger partial charge in [0.05, 0.1) is 23.9 Å². The summed E-state index contributed by atoms with van der Waals surface area (Å²) in [7, 11) is 0. The molecule has 0 atom stereocenters. The van der Waals surface area contributed by atoms with Crippen LogP contribution >= 0.6 is 0 Å². The fourth-order valence-corrected chi connectivity index (χ4v) is 2.79. The number of nitrogens with zero attached hydrogens (tertiary/aromatic N) is 4. The third kappa shape index (κ3) is 5.34. The molecule has 3 rings (SSSR count). The zero-order valence-corrected chi connectivity index (χ0v) is 16.1. The van der Waals surface area contributed by atoms with Gasteiger partial charge in [-0.05, 0) is 48.9 Å². The number of anilines is 2. The van der Waals surface area contributed by atoms with Gasteiger partial charge in [-0.2, -0.15) is 5.26 Å². The summed E-state index contributed by atoms with van der Waals surface area (Å²) in [4.78, 5) is 13.4. The highest BCUT2D eigenvalue weighted by atomic mass is 15.1.